The zero-order valence-electron chi connectivity index (χ0n) is 21.5. The minimum atomic E-state index is -0.0210. The summed E-state index contributed by atoms with van der Waals surface area (Å²) < 4.78 is 2.02. The summed E-state index contributed by atoms with van der Waals surface area (Å²) in [6.45, 7) is 11.1. The van der Waals surface area contributed by atoms with Crippen LogP contribution in [-0.4, -0.2) is 61.7 Å². The largest absolute Gasteiger partial charge is 0.362 e. The van der Waals surface area contributed by atoms with Gasteiger partial charge in [-0.2, -0.15) is 10.1 Å². The maximum Gasteiger partial charge on any atom is 0.228 e. The van der Waals surface area contributed by atoms with E-state index < -0.39 is 0 Å². The van der Waals surface area contributed by atoms with Crippen LogP contribution in [0.5, 0.6) is 0 Å². The number of carbonyl (C=O) groups excluding carboxylic acids is 1. The number of amides is 1. The highest BCUT2D eigenvalue weighted by Crippen LogP contribution is 2.30. The van der Waals surface area contributed by atoms with Crippen molar-refractivity contribution in [3.05, 3.63) is 48.3 Å². The summed E-state index contributed by atoms with van der Waals surface area (Å²) in [6.07, 6.45) is 5.24. The third kappa shape index (κ3) is 4.57. The highest BCUT2D eigenvalue weighted by Gasteiger charge is 2.25. The van der Waals surface area contributed by atoms with E-state index in [1.165, 1.54) is 0 Å². The maximum absolute atomic E-state index is 12.1. The normalized spacial score (nSPS) is 15.9. The van der Waals surface area contributed by atoms with Gasteiger partial charge in [-0.05, 0) is 38.0 Å². The Balaban J connectivity index is 1.49. The molecule has 9 nitrogen and oxygen atoms in total. The molecular weight excluding hydrogens is 452 g/mol. The second-order valence-electron chi connectivity index (χ2n) is 9.50. The molecule has 9 heteroatoms. The van der Waals surface area contributed by atoms with Crippen LogP contribution in [0.1, 0.15) is 58.2 Å². The minimum Gasteiger partial charge on any atom is -0.362 e. The summed E-state index contributed by atoms with van der Waals surface area (Å²) >= 11 is 0. The number of nitrogens with zero attached hydrogens (tertiary/aromatic N) is 7. The number of piperazine rings is 1. The summed E-state index contributed by atoms with van der Waals surface area (Å²) in [5.74, 6) is 1.63. The highest BCUT2D eigenvalue weighted by atomic mass is 16.2. The number of benzene rings is 1. The van der Waals surface area contributed by atoms with E-state index in [1.807, 2.05) is 47.1 Å². The van der Waals surface area contributed by atoms with Gasteiger partial charge in [0.15, 0.2) is 5.82 Å². The Morgan fingerprint density at radius 3 is 2.56 bits per heavy atom. The Labute approximate surface area is 211 Å². The highest BCUT2D eigenvalue weighted by molar-refractivity contribution is 5.87. The van der Waals surface area contributed by atoms with Gasteiger partial charge in [-0.1, -0.05) is 32.0 Å². The van der Waals surface area contributed by atoms with Gasteiger partial charge in [0.25, 0.3) is 0 Å². The number of hydrogen-bond acceptors (Lipinski definition) is 7. The number of fused-ring (bicyclic) bond motifs is 2. The first kappa shape index (κ1) is 24.0. The van der Waals surface area contributed by atoms with Crippen LogP contribution in [0, 0.1) is 0 Å². The SMILES string of the molecule is CCC(=O)N1CCN(c2nc(N[C@H](C)c3cnc4ccccc4c3)c3c(cnn3C(C)CC)n2)CC1. The standard InChI is InChI=1S/C27H34N8O/c1-5-18(3)35-25-23(17-29-35)31-27(34-13-11-33(12-14-34)24(36)6-2)32-26(25)30-19(4)21-15-20-9-7-8-10-22(20)28-16-21/h7-10,15-19H,5-6,11-14H2,1-4H3,(H,30,31,32)/t18?,19-/m1/s1. The molecule has 4 aromatic rings. The van der Waals surface area contributed by atoms with Crippen LogP contribution in [0.4, 0.5) is 11.8 Å². The molecule has 1 fully saturated rings. The van der Waals surface area contributed by atoms with E-state index in [0.717, 1.165) is 39.7 Å². The third-order valence-electron chi connectivity index (χ3n) is 7.12. The van der Waals surface area contributed by atoms with Gasteiger partial charge in [0, 0.05) is 50.2 Å². The lowest BCUT2D eigenvalue weighted by Gasteiger charge is -2.34. The monoisotopic (exact) mass is 486 g/mol. The van der Waals surface area contributed by atoms with Gasteiger partial charge in [-0.3, -0.25) is 14.5 Å². The van der Waals surface area contributed by atoms with E-state index in [1.54, 1.807) is 0 Å². The molecule has 5 rings (SSSR count). The fraction of sp³-hybridized carbons (Fsp3) is 0.444. The number of rotatable bonds is 7. The summed E-state index contributed by atoms with van der Waals surface area (Å²) in [7, 11) is 0. The zero-order valence-corrected chi connectivity index (χ0v) is 21.5. The van der Waals surface area contributed by atoms with Gasteiger partial charge >= 0.3 is 0 Å². The number of anilines is 2. The van der Waals surface area contributed by atoms with E-state index >= 15 is 0 Å². The molecule has 1 aliphatic rings. The van der Waals surface area contributed by atoms with Crippen molar-refractivity contribution < 1.29 is 4.79 Å². The fourth-order valence-corrected chi connectivity index (χ4v) is 4.69. The second kappa shape index (κ2) is 10.1. The Morgan fingerprint density at radius 1 is 1.03 bits per heavy atom. The number of hydrogen-bond donors (Lipinski definition) is 1. The predicted octanol–water partition coefficient (Wildman–Crippen LogP) is 4.58. The van der Waals surface area contributed by atoms with Gasteiger partial charge in [-0.15, -0.1) is 0 Å². The average molecular weight is 487 g/mol. The van der Waals surface area contributed by atoms with E-state index in [4.69, 9.17) is 9.97 Å². The Hall–Kier alpha value is -3.75. The van der Waals surface area contributed by atoms with Crippen LogP contribution in [0.3, 0.4) is 0 Å². The maximum atomic E-state index is 12.1. The van der Waals surface area contributed by atoms with Gasteiger partial charge in [-0.25, -0.2) is 4.98 Å². The van der Waals surface area contributed by atoms with Crippen molar-refractivity contribution in [1.82, 2.24) is 29.6 Å². The molecule has 1 aliphatic heterocycles. The summed E-state index contributed by atoms with van der Waals surface area (Å²) in [4.78, 5) is 30.7. The van der Waals surface area contributed by atoms with Crippen LogP contribution in [0.2, 0.25) is 0 Å². The summed E-state index contributed by atoms with van der Waals surface area (Å²) in [6, 6.07) is 10.5. The third-order valence-corrected chi connectivity index (χ3v) is 7.12. The predicted molar refractivity (Wildman–Crippen MR) is 143 cm³/mol. The van der Waals surface area contributed by atoms with E-state index in [0.29, 0.717) is 38.5 Å². The van der Waals surface area contributed by atoms with Crippen LogP contribution in [0.15, 0.2) is 42.7 Å². The molecular formula is C27H34N8O. The van der Waals surface area contributed by atoms with Gasteiger partial charge in [0.05, 0.1) is 17.8 Å². The van der Waals surface area contributed by atoms with E-state index in [2.05, 4.69) is 53.2 Å². The first-order valence-electron chi connectivity index (χ1n) is 12.9. The molecule has 0 radical (unpaired) electrons. The lowest BCUT2D eigenvalue weighted by atomic mass is 10.1. The number of nitrogens with one attached hydrogen (secondary N) is 1. The average Bonchev–Trinajstić information content (AvgIpc) is 3.36. The number of aromatic nitrogens is 5. The second-order valence-corrected chi connectivity index (χ2v) is 9.50. The smallest absolute Gasteiger partial charge is 0.228 e. The van der Waals surface area contributed by atoms with Crippen LogP contribution in [-0.2, 0) is 4.79 Å². The molecule has 4 heterocycles. The van der Waals surface area contributed by atoms with Crippen LogP contribution in [0.25, 0.3) is 21.9 Å². The topological polar surface area (TPSA) is 92.1 Å². The number of carbonyl (C=O) groups is 1. The molecule has 1 amide bonds. The lowest BCUT2D eigenvalue weighted by molar-refractivity contribution is -0.131. The molecule has 1 aromatic carbocycles. The first-order chi connectivity index (χ1) is 17.5. The Morgan fingerprint density at radius 2 is 1.81 bits per heavy atom. The Bertz CT molecular complexity index is 1370. The first-order valence-corrected chi connectivity index (χ1v) is 12.9. The molecule has 1 unspecified atom stereocenters. The molecule has 1 saturated heterocycles. The van der Waals surface area contributed by atoms with Crippen molar-refractivity contribution in [2.75, 3.05) is 36.4 Å². The summed E-state index contributed by atoms with van der Waals surface area (Å²) in [5.41, 5.74) is 3.80. The van der Waals surface area contributed by atoms with E-state index in [-0.39, 0.29) is 18.0 Å². The zero-order chi connectivity index (χ0) is 25.2. The Kier molecular flexibility index (Phi) is 6.71. The molecule has 2 atom stereocenters. The van der Waals surface area contributed by atoms with Crippen molar-refractivity contribution in [1.29, 1.82) is 0 Å². The molecule has 1 N–H and O–H groups in total. The quantitative estimate of drug-likeness (QED) is 0.409. The van der Waals surface area contributed by atoms with Gasteiger partial charge < -0.3 is 15.1 Å². The summed E-state index contributed by atoms with van der Waals surface area (Å²) in [5, 5.41) is 9.43. The van der Waals surface area contributed by atoms with Crippen molar-refractivity contribution >= 4 is 39.6 Å². The molecule has 36 heavy (non-hydrogen) atoms. The van der Waals surface area contributed by atoms with Crippen molar-refractivity contribution in [3.8, 4) is 0 Å². The fourth-order valence-electron chi connectivity index (χ4n) is 4.69. The number of pyridine rings is 1. The van der Waals surface area contributed by atoms with Crippen molar-refractivity contribution in [2.24, 2.45) is 0 Å². The van der Waals surface area contributed by atoms with Crippen molar-refractivity contribution in [3.63, 3.8) is 0 Å². The molecule has 0 aliphatic carbocycles. The van der Waals surface area contributed by atoms with E-state index in [9.17, 15) is 4.79 Å². The van der Waals surface area contributed by atoms with Crippen molar-refractivity contribution in [2.45, 2.75) is 52.6 Å². The molecule has 0 saturated carbocycles. The van der Waals surface area contributed by atoms with Gasteiger partial charge in [0.2, 0.25) is 11.9 Å². The van der Waals surface area contributed by atoms with Crippen LogP contribution >= 0.6 is 0 Å². The molecule has 188 valence electrons. The molecule has 0 bridgehead atoms. The molecule has 0 spiro atoms. The minimum absolute atomic E-state index is 0.0210. The molecule has 3 aromatic heterocycles. The van der Waals surface area contributed by atoms with Crippen LogP contribution < -0.4 is 10.2 Å². The van der Waals surface area contributed by atoms with Gasteiger partial charge in [0.1, 0.15) is 11.0 Å². The number of para-hydroxylation sites is 1. The lowest BCUT2D eigenvalue weighted by Crippen LogP contribution is -2.49.